The van der Waals surface area contributed by atoms with Crippen LogP contribution in [-0.4, -0.2) is 52.8 Å². The maximum atomic E-state index is 11.2. The van der Waals surface area contributed by atoms with Crippen LogP contribution in [0.4, 0.5) is 0 Å². The molecule has 0 fully saturated rings. The molecular formula is C15H33NO5P+. The number of hydrogen-bond acceptors (Lipinski definition) is 3. The number of carbonyl (C=O) groups is 1. The Morgan fingerprint density at radius 1 is 1.09 bits per heavy atom. The molecular weight excluding hydrogens is 305 g/mol. The molecule has 0 heterocycles. The van der Waals surface area contributed by atoms with E-state index < -0.39 is 13.9 Å². The normalized spacial score (nSPS) is 14.0. The lowest BCUT2D eigenvalue weighted by molar-refractivity contribution is -0.930. The number of aldehydes is 1. The van der Waals surface area contributed by atoms with Crippen LogP contribution >= 0.6 is 7.82 Å². The van der Waals surface area contributed by atoms with E-state index in [1.165, 1.54) is 0 Å². The van der Waals surface area contributed by atoms with Gasteiger partial charge in [-0.2, -0.15) is 0 Å². The van der Waals surface area contributed by atoms with E-state index in [0.717, 1.165) is 49.7 Å². The average Bonchev–Trinajstić information content (AvgIpc) is 2.38. The van der Waals surface area contributed by atoms with E-state index >= 15 is 0 Å². The van der Waals surface area contributed by atoms with Gasteiger partial charge < -0.3 is 19.1 Å². The number of carbonyl (C=O) groups excluding carboxylic acids is 1. The summed E-state index contributed by atoms with van der Waals surface area (Å²) in [5.74, 6) is 0. The molecule has 0 aromatic rings. The van der Waals surface area contributed by atoms with E-state index in [4.69, 9.17) is 14.3 Å². The molecule has 0 bridgehead atoms. The fraction of sp³-hybridized carbons (Fsp3) is 0.933. The van der Waals surface area contributed by atoms with Crippen molar-refractivity contribution in [2.24, 2.45) is 0 Å². The molecule has 0 aromatic carbocycles. The third-order valence-corrected chi connectivity index (χ3v) is 4.39. The minimum Gasteiger partial charge on any atom is -0.321 e. The second-order valence-electron chi connectivity index (χ2n) is 6.01. The molecule has 6 nitrogen and oxygen atoms in total. The highest BCUT2D eigenvalue weighted by molar-refractivity contribution is 7.46. The van der Waals surface area contributed by atoms with Crippen molar-refractivity contribution in [1.29, 1.82) is 0 Å². The Balaban J connectivity index is 5.03. The highest BCUT2D eigenvalue weighted by atomic mass is 31.2. The second-order valence-corrected chi connectivity index (χ2v) is 7.20. The Labute approximate surface area is 134 Å². The Morgan fingerprint density at radius 3 is 1.95 bits per heavy atom. The van der Waals surface area contributed by atoms with Gasteiger partial charge >= 0.3 is 7.82 Å². The molecule has 1 atom stereocenters. The van der Waals surface area contributed by atoms with E-state index in [1.807, 2.05) is 0 Å². The van der Waals surface area contributed by atoms with Crippen molar-refractivity contribution in [1.82, 2.24) is 0 Å². The van der Waals surface area contributed by atoms with Crippen LogP contribution < -0.4 is 0 Å². The zero-order chi connectivity index (χ0) is 17.1. The summed E-state index contributed by atoms with van der Waals surface area (Å²) >= 11 is 0. The first kappa shape index (κ1) is 21.7. The molecule has 0 aromatic heterocycles. The number of rotatable bonds is 14. The Kier molecular flexibility index (Phi) is 11.2. The molecule has 2 N–H and O–H groups in total. The molecule has 7 heteroatoms. The number of nitrogens with zero attached hydrogens (tertiary/aromatic N) is 1. The van der Waals surface area contributed by atoms with E-state index in [2.05, 4.69) is 20.8 Å². The summed E-state index contributed by atoms with van der Waals surface area (Å²) in [6.07, 6.45) is 4.90. The highest BCUT2D eigenvalue weighted by Gasteiger charge is 2.32. The van der Waals surface area contributed by atoms with Gasteiger partial charge in [0, 0.05) is 6.42 Å². The molecule has 132 valence electrons. The summed E-state index contributed by atoms with van der Waals surface area (Å²) in [6.45, 7) is 9.93. The number of hydrogen-bond donors (Lipinski definition) is 2. The fourth-order valence-corrected chi connectivity index (χ4v) is 3.83. The molecule has 0 amide bonds. The lowest BCUT2D eigenvalue weighted by atomic mass is 10.1. The first-order valence-electron chi connectivity index (χ1n) is 8.35. The van der Waals surface area contributed by atoms with Crippen molar-refractivity contribution in [3.8, 4) is 0 Å². The number of quaternary nitrogens is 1. The summed E-state index contributed by atoms with van der Waals surface area (Å²) < 4.78 is 17.1. The predicted octanol–water partition coefficient (Wildman–Crippen LogP) is 2.88. The second kappa shape index (κ2) is 11.3. The van der Waals surface area contributed by atoms with Gasteiger partial charge in [-0.3, -0.25) is 4.52 Å². The highest BCUT2D eigenvalue weighted by Crippen LogP contribution is 2.39. The van der Waals surface area contributed by atoms with Gasteiger partial charge in [-0.25, -0.2) is 4.57 Å². The van der Waals surface area contributed by atoms with Gasteiger partial charge in [0.2, 0.25) is 0 Å². The van der Waals surface area contributed by atoms with Gasteiger partial charge in [-0.15, -0.1) is 0 Å². The lowest BCUT2D eigenvalue weighted by Gasteiger charge is -2.40. The van der Waals surface area contributed by atoms with Crippen LogP contribution in [0.2, 0.25) is 0 Å². The van der Waals surface area contributed by atoms with Crippen LogP contribution in [0.25, 0.3) is 0 Å². The smallest absolute Gasteiger partial charge is 0.321 e. The Hall–Kier alpha value is -0.260. The van der Waals surface area contributed by atoms with Gasteiger partial charge in [-0.1, -0.05) is 20.8 Å². The van der Waals surface area contributed by atoms with E-state index in [0.29, 0.717) is 25.8 Å². The standard InChI is InChI=1S/C15H32NO5P/c1-4-10-16(11-5-2,12-6-3)14-15(9-7-8-13-17)21-22(18,19)20/h13,15H,4-12,14H2,1-3H3,(H-,18,19,20)/p+1. The zero-order valence-corrected chi connectivity index (χ0v) is 15.1. The van der Waals surface area contributed by atoms with E-state index in [1.54, 1.807) is 0 Å². The van der Waals surface area contributed by atoms with Crippen molar-refractivity contribution >= 4 is 14.1 Å². The molecule has 0 rings (SSSR count). The molecule has 0 aliphatic heterocycles. The monoisotopic (exact) mass is 338 g/mol. The lowest BCUT2D eigenvalue weighted by Crippen LogP contribution is -2.54. The molecule has 0 spiro atoms. The number of unbranched alkanes of at least 4 members (excludes halogenated alkanes) is 1. The van der Waals surface area contributed by atoms with Crippen LogP contribution in [-0.2, 0) is 13.9 Å². The summed E-state index contributed by atoms with van der Waals surface area (Å²) in [5.41, 5.74) is 0. The Bertz CT molecular complexity index is 328. The predicted molar refractivity (Wildman–Crippen MR) is 87.4 cm³/mol. The molecule has 0 aliphatic rings. The van der Waals surface area contributed by atoms with Gasteiger partial charge in [-0.05, 0) is 32.1 Å². The molecule has 0 saturated heterocycles. The average molecular weight is 338 g/mol. The molecule has 0 radical (unpaired) electrons. The molecule has 0 aliphatic carbocycles. The molecule has 22 heavy (non-hydrogen) atoms. The third-order valence-electron chi connectivity index (χ3n) is 3.82. The topological polar surface area (TPSA) is 83.8 Å². The maximum absolute atomic E-state index is 11.2. The quantitative estimate of drug-likeness (QED) is 0.220. The molecule has 0 saturated carbocycles. The fourth-order valence-electron chi connectivity index (χ4n) is 3.26. The maximum Gasteiger partial charge on any atom is 0.470 e. The first-order chi connectivity index (χ1) is 10.3. The van der Waals surface area contributed by atoms with Crippen LogP contribution in [0.5, 0.6) is 0 Å². The minimum atomic E-state index is -4.51. The largest absolute Gasteiger partial charge is 0.470 e. The van der Waals surface area contributed by atoms with Crippen molar-refractivity contribution in [3.05, 3.63) is 0 Å². The summed E-state index contributed by atoms with van der Waals surface area (Å²) in [6, 6.07) is 0. The van der Waals surface area contributed by atoms with Crippen molar-refractivity contribution in [2.75, 3.05) is 26.2 Å². The minimum absolute atomic E-state index is 0.399. The van der Waals surface area contributed by atoms with Crippen molar-refractivity contribution in [2.45, 2.75) is 65.4 Å². The summed E-state index contributed by atoms with van der Waals surface area (Å²) in [5, 5.41) is 0. The molecule has 1 unspecified atom stereocenters. The van der Waals surface area contributed by atoms with Gasteiger partial charge in [0.25, 0.3) is 0 Å². The SMILES string of the molecule is CCC[N+](CCC)(CCC)CC(CCCC=O)OP(=O)(O)O. The van der Waals surface area contributed by atoms with Crippen molar-refractivity contribution in [3.63, 3.8) is 0 Å². The van der Waals surface area contributed by atoms with Gasteiger partial charge in [0.05, 0.1) is 19.6 Å². The van der Waals surface area contributed by atoms with Crippen LogP contribution in [0.3, 0.4) is 0 Å². The Morgan fingerprint density at radius 2 is 1.59 bits per heavy atom. The van der Waals surface area contributed by atoms with Gasteiger partial charge in [0.15, 0.2) is 0 Å². The first-order valence-corrected chi connectivity index (χ1v) is 9.88. The number of phosphoric acid groups is 1. The summed E-state index contributed by atoms with van der Waals surface area (Å²) in [4.78, 5) is 28.8. The van der Waals surface area contributed by atoms with E-state index in [9.17, 15) is 9.36 Å². The van der Waals surface area contributed by atoms with Crippen molar-refractivity contribution < 1.29 is 28.2 Å². The summed E-state index contributed by atoms with van der Waals surface area (Å²) in [7, 11) is -4.51. The van der Waals surface area contributed by atoms with Crippen LogP contribution in [0, 0.1) is 0 Å². The zero-order valence-electron chi connectivity index (χ0n) is 14.2. The van der Waals surface area contributed by atoms with Gasteiger partial charge in [0.1, 0.15) is 18.9 Å². The third kappa shape index (κ3) is 9.70. The van der Waals surface area contributed by atoms with Crippen LogP contribution in [0.15, 0.2) is 0 Å². The number of phosphoric ester groups is 1. The van der Waals surface area contributed by atoms with Crippen LogP contribution in [0.1, 0.15) is 59.3 Å². The van der Waals surface area contributed by atoms with E-state index in [-0.39, 0.29) is 0 Å².